The van der Waals surface area contributed by atoms with Crippen LogP contribution in [0, 0.1) is 5.92 Å². The summed E-state index contributed by atoms with van der Waals surface area (Å²) in [6.07, 6.45) is 0. The Morgan fingerprint density at radius 1 is 1.26 bits per heavy atom. The summed E-state index contributed by atoms with van der Waals surface area (Å²) < 4.78 is 0. The van der Waals surface area contributed by atoms with Gasteiger partial charge in [0.1, 0.15) is 0 Å². The Kier molecular flexibility index (Phi) is 4.37. The third-order valence-electron chi connectivity index (χ3n) is 3.81. The van der Waals surface area contributed by atoms with Crippen LogP contribution in [0.25, 0.3) is 0 Å². The number of thiophene rings is 2. The van der Waals surface area contributed by atoms with E-state index in [2.05, 4.69) is 0 Å². The third-order valence-corrected chi connectivity index (χ3v) is 5.60. The summed E-state index contributed by atoms with van der Waals surface area (Å²) >= 11 is 3.04. The molecule has 0 aromatic carbocycles. The Bertz CT molecular complexity index is 745. The highest BCUT2D eigenvalue weighted by Crippen LogP contribution is 2.41. The van der Waals surface area contributed by atoms with E-state index in [1.807, 2.05) is 35.0 Å². The Balaban J connectivity index is 2.04. The normalized spacial score (nSPS) is 18.3. The number of aliphatic hydroxyl groups excluding tert-OH is 1. The van der Waals surface area contributed by atoms with E-state index in [4.69, 9.17) is 0 Å². The van der Waals surface area contributed by atoms with Crippen LogP contribution in [0.5, 0.6) is 0 Å². The second kappa shape index (κ2) is 6.29. The molecule has 0 saturated carbocycles. The first-order chi connectivity index (χ1) is 11.0. The summed E-state index contributed by atoms with van der Waals surface area (Å²) in [6.45, 7) is 3.94. The molecule has 0 fully saturated rings. The van der Waals surface area contributed by atoms with Gasteiger partial charge in [-0.25, -0.2) is 0 Å². The maximum Gasteiger partial charge on any atom is 0.290 e. The average Bonchev–Trinajstić information content (AvgIpc) is 3.24. The molecule has 2 aromatic rings. The summed E-state index contributed by atoms with van der Waals surface area (Å²) in [5.74, 6) is -1.33. The van der Waals surface area contributed by atoms with E-state index < -0.39 is 17.7 Å². The number of carbonyl (C=O) groups is 2. The van der Waals surface area contributed by atoms with Crippen molar-refractivity contribution in [3.8, 4) is 0 Å². The van der Waals surface area contributed by atoms with Crippen molar-refractivity contribution in [2.24, 2.45) is 5.92 Å². The van der Waals surface area contributed by atoms with Gasteiger partial charge in [-0.2, -0.15) is 0 Å². The number of ketones is 1. The highest BCUT2D eigenvalue weighted by molar-refractivity contribution is 7.10. The van der Waals surface area contributed by atoms with E-state index in [0.717, 1.165) is 9.75 Å². The Morgan fingerprint density at radius 2 is 1.96 bits per heavy atom. The number of hydrogen-bond donors (Lipinski definition) is 1. The van der Waals surface area contributed by atoms with Crippen molar-refractivity contribution in [1.29, 1.82) is 0 Å². The van der Waals surface area contributed by atoms with Crippen molar-refractivity contribution >= 4 is 34.4 Å². The standard InChI is InChI=1S/C17H17NO3S2/c1-10(2)15(19)13-14(12-6-4-8-23-12)18(17(21)16(13)20)9-11-5-3-7-22-11/h3-8,10,14,20H,9H2,1-2H3. The maximum atomic E-state index is 12.6. The summed E-state index contributed by atoms with van der Waals surface area (Å²) in [6, 6.07) is 7.16. The maximum absolute atomic E-state index is 12.6. The van der Waals surface area contributed by atoms with Gasteiger partial charge in [0.05, 0.1) is 18.2 Å². The molecule has 1 unspecified atom stereocenters. The van der Waals surface area contributed by atoms with E-state index in [1.54, 1.807) is 30.1 Å². The van der Waals surface area contributed by atoms with Gasteiger partial charge in [0, 0.05) is 15.7 Å². The van der Waals surface area contributed by atoms with Crippen LogP contribution >= 0.6 is 22.7 Å². The zero-order valence-corrected chi connectivity index (χ0v) is 14.5. The minimum Gasteiger partial charge on any atom is -0.503 e. The van der Waals surface area contributed by atoms with Gasteiger partial charge in [0.25, 0.3) is 5.91 Å². The van der Waals surface area contributed by atoms with Crippen molar-refractivity contribution in [1.82, 2.24) is 4.90 Å². The van der Waals surface area contributed by atoms with Gasteiger partial charge in [-0.05, 0) is 22.9 Å². The molecule has 0 saturated heterocycles. The van der Waals surface area contributed by atoms with Crippen molar-refractivity contribution < 1.29 is 14.7 Å². The fourth-order valence-corrected chi connectivity index (χ4v) is 4.24. The predicted octanol–water partition coefficient (Wildman–Crippen LogP) is 3.93. The summed E-state index contributed by atoms with van der Waals surface area (Å²) in [7, 11) is 0. The fourth-order valence-electron chi connectivity index (χ4n) is 2.69. The van der Waals surface area contributed by atoms with Crippen LogP contribution in [0.1, 0.15) is 29.6 Å². The molecule has 2 aromatic heterocycles. The molecule has 0 radical (unpaired) electrons. The Morgan fingerprint density at radius 3 is 2.52 bits per heavy atom. The number of Topliss-reactive ketones (excluding diaryl/α,β-unsaturated/α-hetero) is 1. The SMILES string of the molecule is CC(C)C(=O)C1=C(O)C(=O)N(Cc2cccs2)C1c1cccs1. The largest absolute Gasteiger partial charge is 0.503 e. The van der Waals surface area contributed by atoms with Crippen LogP contribution in [0.3, 0.4) is 0 Å². The van der Waals surface area contributed by atoms with Gasteiger partial charge >= 0.3 is 0 Å². The molecule has 120 valence electrons. The zero-order valence-electron chi connectivity index (χ0n) is 12.9. The number of hydrogen-bond acceptors (Lipinski definition) is 5. The molecule has 1 atom stereocenters. The number of amides is 1. The van der Waals surface area contributed by atoms with Gasteiger partial charge < -0.3 is 10.0 Å². The first-order valence-electron chi connectivity index (χ1n) is 7.34. The van der Waals surface area contributed by atoms with Gasteiger partial charge in [-0.3, -0.25) is 9.59 Å². The van der Waals surface area contributed by atoms with Gasteiger partial charge in [-0.1, -0.05) is 26.0 Å². The Labute approximate surface area is 142 Å². The summed E-state index contributed by atoms with van der Waals surface area (Å²) in [4.78, 5) is 28.6. The molecular weight excluding hydrogens is 330 g/mol. The molecular formula is C17H17NO3S2. The van der Waals surface area contributed by atoms with E-state index in [0.29, 0.717) is 6.54 Å². The van der Waals surface area contributed by atoms with Crippen molar-refractivity contribution in [2.75, 3.05) is 0 Å². The average molecular weight is 347 g/mol. The summed E-state index contributed by atoms with van der Waals surface area (Å²) in [5, 5.41) is 14.2. The van der Waals surface area contributed by atoms with Gasteiger partial charge in [0.2, 0.25) is 0 Å². The molecule has 1 aliphatic rings. The smallest absolute Gasteiger partial charge is 0.290 e. The molecule has 0 bridgehead atoms. The number of nitrogens with zero attached hydrogens (tertiary/aromatic N) is 1. The van der Waals surface area contributed by atoms with Crippen LogP contribution in [0.4, 0.5) is 0 Å². The van der Waals surface area contributed by atoms with E-state index in [-0.39, 0.29) is 17.3 Å². The molecule has 3 rings (SSSR count). The molecule has 3 heterocycles. The quantitative estimate of drug-likeness (QED) is 0.891. The first kappa shape index (κ1) is 16.0. The number of rotatable bonds is 5. The zero-order chi connectivity index (χ0) is 16.6. The molecule has 6 heteroatoms. The minimum atomic E-state index is -0.500. The Hall–Kier alpha value is -1.92. The number of aliphatic hydroxyl groups is 1. The molecule has 1 N–H and O–H groups in total. The van der Waals surface area contributed by atoms with E-state index >= 15 is 0 Å². The molecule has 0 spiro atoms. The van der Waals surface area contributed by atoms with Gasteiger partial charge in [-0.15, -0.1) is 22.7 Å². The lowest BCUT2D eigenvalue weighted by atomic mass is 9.95. The van der Waals surface area contributed by atoms with E-state index in [1.165, 1.54) is 11.3 Å². The molecule has 0 aliphatic carbocycles. The topological polar surface area (TPSA) is 57.6 Å². The molecule has 23 heavy (non-hydrogen) atoms. The first-order valence-corrected chi connectivity index (χ1v) is 9.10. The highest BCUT2D eigenvalue weighted by atomic mass is 32.1. The van der Waals surface area contributed by atoms with Crippen molar-refractivity contribution in [3.05, 3.63) is 56.1 Å². The lowest BCUT2D eigenvalue weighted by Crippen LogP contribution is -2.30. The van der Waals surface area contributed by atoms with Crippen LogP contribution < -0.4 is 0 Å². The minimum absolute atomic E-state index is 0.178. The third kappa shape index (κ3) is 2.84. The fraction of sp³-hybridized carbons (Fsp3) is 0.294. The van der Waals surface area contributed by atoms with Crippen molar-refractivity contribution in [2.45, 2.75) is 26.4 Å². The number of carbonyl (C=O) groups excluding carboxylic acids is 2. The molecule has 1 amide bonds. The second-order valence-corrected chi connectivity index (χ2v) is 7.72. The van der Waals surface area contributed by atoms with Crippen LogP contribution in [-0.4, -0.2) is 21.7 Å². The van der Waals surface area contributed by atoms with Crippen LogP contribution in [0.2, 0.25) is 0 Å². The molecule has 1 aliphatic heterocycles. The summed E-state index contributed by atoms with van der Waals surface area (Å²) in [5.41, 5.74) is 0.226. The van der Waals surface area contributed by atoms with Gasteiger partial charge in [0.15, 0.2) is 11.5 Å². The van der Waals surface area contributed by atoms with Crippen LogP contribution in [0.15, 0.2) is 46.4 Å². The second-order valence-electron chi connectivity index (χ2n) is 5.71. The lowest BCUT2D eigenvalue weighted by molar-refractivity contribution is -0.129. The monoisotopic (exact) mass is 347 g/mol. The lowest BCUT2D eigenvalue weighted by Gasteiger charge is -2.25. The van der Waals surface area contributed by atoms with E-state index in [9.17, 15) is 14.7 Å². The van der Waals surface area contributed by atoms with Crippen molar-refractivity contribution in [3.63, 3.8) is 0 Å². The highest BCUT2D eigenvalue weighted by Gasteiger charge is 2.44. The molecule has 4 nitrogen and oxygen atoms in total. The van der Waals surface area contributed by atoms with Crippen LogP contribution in [-0.2, 0) is 16.1 Å². The predicted molar refractivity (Wildman–Crippen MR) is 91.4 cm³/mol.